The molecule has 0 amide bonds. The van der Waals surface area contributed by atoms with Crippen molar-refractivity contribution < 1.29 is 9.90 Å². The van der Waals surface area contributed by atoms with Gasteiger partial charge in [0.1, 0.15) is 6.54 Å². The van der Waals surface area contributed by atoms with Gasteiger partial charge in [-0.3, -0.25) is 0 Å². The molecule has 0 radical (unpaired) electrons. The Balaban J connectivity index is 2.23. The van der Waals surface area contributed by atoms with E-state index in [0.29, 0.717) is 24.5 Å². The van der Waals surface area contributed by atoms with Crippen molar-refractivity contribution in [2.45, 2.75) is 52.6 Å². The van der Waals surface area contributed by atoms with E-state index in [-0.39, 0.29) is 5.69 Å². The van der Waals surface area contributed by atoms with Crippen molar-refractivity contribution in [3.8, 4) is 0 Å². The van der Waals surface area contributed by atoms with Gasteiger partial charge in [0, 0.05) is 6.54 Å². The maximum atomic E-state index is 11.2. The highest BCUT2D eigenvalue weighted by molar-refractivity contribution is 5.86. The third-order valence-electron chi connectivity index (χ3n) is 3.15. The summed E-state index contributed by atoms with van der Waals surface area (Å²) in [6.45, 7) is 5.14. The van der Waals surface area contributed by atoms with Gasteiger partial charge in [0.15, 0.2) is 11.5 Å². The van der Waals surface area contributed by atoms with Crippen LogP contribution in [0.3, 0.4) is 0 Å². The molecule has 0 aliphatic rings. The van der Waals surface area contributed by atoms with E-state index in [9.17, 15) is 4.79 Å². The molecule has 2 rings (SSSR count). The Labute approximate surface area is 122 Å². The van der Waals surface area contributed by atoms with Crippen LogP contribution in [0.2, 0.25) is 0 Å². The quantitative estimate of drug-likeness (QED) is 0.764. The highest BCUT2D eigenvalue weighted by Crippen LogP contribution is 2.10. The number of hydrogen-bond donors (Lipinski definition) is 1. The molecule has 0 fully saturated rings. The summed E-state index contributed by atoms with van der Waals surface area (Å²) in [5.41, 5.74) is 0.611. The number of hydrogen-bond acceptors (Lipinski definition) is 6. The van der Waals surface area contributed by atoms with Gasteiger partial charge in [0.2, 0.25) is 0 Å². The molecule has 0 bridgehead atoms. The van der Waals surface area contributed by atoms with Gasteiger partial charge < -0.3 is 5.11 Å². The lowest BCUT2D eigenvalue weighted by atomic mass is 10.2. The summed E-state index contributed by atoms with van der Waals surface area (Å²) in [6, 6.07) is 0. The molecule has 0 saturated heterocycles. The summed E-state index contributed by atoms with van der Waals surface area (Å²) >= 11 is 0. The van der Waals surface area contributed by atoms with Gasteiger partial charge in [0.05, 0.1) is 5.69 Å². The van der Waals surface area contributed by atoms with Crippen LogP contribution < -0.4 is 0 Å². The summed E-state index contributed by atoms with van der Waals surface area (Å²) in [4.78, 5) is 11.2. The molecule has 0 aromatic carbocycles. The van der Waals surface area contributed by atoms with E-state index in [1.54, 1.807) is 9.36 Å². The van der Waals surface area contributed by atoms with E-state index < -0.39 is 5.97 Å². The maximum absolute atomic E-state index is 11.2. The molecule has 0 aliphatic heterocycles. The molecular formula is C12H19N7O2. The number of nitrogens with zero attached hydrogens (tertiary/aromatic N) is 7. The van der Waals surface area contributed by atoms with E-state index in [2.05, 4.69) is 32.8 Å². The molecule has 2 aromatic rings. The Kier molecular flexibility index (Phi) is 4.96. The molecule has 114 valence electrons. The van der Waals surface area contributed by atoms with Gasteiger partial charge in [-0.05, 0) is 23.3 Å². The lowest BCUT2D eigenvalue weighted by Gasteiger charge is -2.06. The van der Waals surface area contributed by atoms with Gasteiger partial charge in [-0.15, -0.1) is 10.2 Å². The largest absolute Gasteiger partial charge is 0.476 e. The van der Waals surface area contributed by atoms with E-state index in [1.807, 2.05) is 6.92 Å². The van der Waals surface area contributed by atoms with Crippen LogP contribution in [-0.2, 0) is 19.5 Å². The van der Waals surface area contributed by atoms with Gasteiger partial charge in [-0.25, -0.2) is 14.2 Å². The third-order valence-corrected chi connectivity index (χ3v) is 3.15. The first kappa shape index (κ1) is 15.1. The monoisotopic (exact) mass is 293 g/mol. The molecule has 1 N–H and O–H groups in total. The van der Waals surface area contributed by atoms with Gasteiger partial charge in [-0.1, -0.05) is 31.9 Å². The van der Waals surface area contributed by atoms with Crippen LogP contribution in [0.4, 0.5) is 0 Å². The van der Waals surface area contributed by atoms with Crippen LogP contribution in [0.15, 0.2) is 0 Å². The van der Waals surface area contributed by atoms with Gasteiger partial charge >= 0.3 is 5.97 Å². The topological polar surface area (TPSA) is 112 Å². The van der Waals surface area contributed by atoms with Crippen LogP contribution in [0.25, 0.3) is 0 Å². The van der Waals surface area contributed by atoms with Gasteiger partial charge in [-0.2, -0.15) is 0 Å². The molecule has 0 saturated carbocycles. The van der Waals surface area contributed by atoms with E-state index in [4.69, 9.17) is 5.11 Å². The van der Waals surface area contributed by atoms with Crippen molar-refractivity contribution >= 4 is 5.97 Å². The van der Waals surface area contributed by atoms with E-state index in [1.165, 1.54) is 0 Å². The number of carbonyl (C=O) groups is 1. The van der Waals surface area contributed by atoms with Crippen LogP contribution in [0, 0.1) is 0 Å². The van der Waals surface area contributed by atoms with Crippen molar-refractivity contribution in [1.29, 1.82) is 0 Å². The third kappa shape index (κ3) is 3.41. The smallest absolute Gasteiger partial charge is 0.358 e. The zero-order valence-electron chi connectivity index (χ0n) is 12.2. The first-order valence-corrected chi connectivity index (χ1v) is 7.08. The predicted molar refractivity (Wildman–Crippen MR) is 72.8 cm³/mol. The number of carboxylic acids is 1. The van der Waals surface area contributed by atoms with Crippen LogP contribution in [0.5, 0.6) is 0 Å². The Hall–Kier alpha value is -2.32. The van der Waals surface area contributed by atoms with E-state index in [0.717, 1.165) is 25.8 Å². The molecule has 2 heterocycles. The van der Waals surface area contributed by atoms with Crippen molar-refractivity contribution in [3.05, 3.63) is 17.2 Å². The molecule has 2 aromatic heterocycles. The van der Waals surface area contributed by atoms with Crippen LogP contribution in [-0.4, -0.2) is 46.3 Å². The SMILES string of the molecule is CCCCn1nnnc1Cn1nnc(C(=O)O)c1CCC. The van der Waals surface area contributed by atoms with Crippen molar-refractivity contribution in [2.24, 2.45) is 0 Å². The fourth-order valence-electron chi connectivity index (χ4n) is 2.06. The van der Waals surface area contributed by atoms with Crippen molar-refractivity contribution in [3.63, 3.8) is 0 Å². The molecular weight excluding hydrogens is 274 g/mol. The Morgan fingerprint density at radius 3 is 2.62 bits per heavy atom. The fourth-order valence-corrected chi connectivity index (χ4v) is 2.06. The summed E-state index contributed by atoms with van der Waals surface area (Å²) in [5.74, 6) is -0.405. The average Bonchev–Trinajstić information content (AvgIpc) is 3.05. The highest BCUT2D eigenvalue weighted by atomic mass is 16.4. The molecule has 21 heavy (non-hydrogen) atoms. The maximum Gasteiger partial charge on any atom is 0.358 e. The van der Waals surface area contributed by atoms with Gasteiger partial charge in [0.25, 0.3) is 0 Å². The Morgan fingerprint density at radius 1 is 1.14 bits per heavy atom. The first-order chi connectivity index (χ1) is 10.2. The standard InChI is InChI=1S/C12H19N7O2/c1-3-5-7-18-10(13-15-17-18)8-19-9(6-4-2)11(12(20)21)14-16-19/h3-8H2,1-2H3,(H,20,21). The molecule has 0 aliphatic carbocycles. The lowest BCUT2D eigenvalue weighted by molar-refractivity contribution is 0.0689. The number of unbranched alkanes of at least 4 members (excludes halogenated alkanes) is 1. The minimum absolute atomic E-state index is 0.00410. The summed E-state index contributed by atoms with van der Waals surface area (Å²) in [5, 5.41) is 28.4. The summed E-state index contributed by atoms with van der Waals surface area (Å²) in [7, 11) is 0. The number of tetrazole rings is 1. The van der Waals surface area contributed by atoms with Crippen LogP contribution in [0.1, 0.15) is 55.1 Å². The number of aromatic carboxylic acids is 1. The van der Waals surface area contributed by atoms with Crippen LogP contribution >= 0.6 is 0 Å². The molecule has 9 nitrogen and oxygen atoms in total. The zero-order valence-corrected chi connectivity index (χ0v) is 12.2. The zero-order chi connectivity index (χ0) is 15.2. The normalized spacial score (nSPS) is 11.0. The fraction of sp³-hybridized carbons (Fsp3) is 0.667. The second kappa shape index (κ2) is 6.91. The summed E-state index contributed by atoms with van der Waals surface area (Å²) in [6.07, 6.45) is 3.45. The molecule has 0 atom stereocenters. The second-order valence-corrected chi connectivity index (χ2v) is 4.77. The average molecular weight is 293 g/mol. The lowest BCUT2D eigenvalue weighted by Crippen LogP contribution is -2.14. The summed E-state index contributed by atoms with van der Waals surface area (Å²) < 4.78 is 3.29. The predicted octanol–water partition coefficient (Wildman–Crippen LogP) is 0.764. The highest BCUT2D eigenvalue weighted by Gasteiger charge is 2.19. The Morgan fingerprint density at radius 2 is 1.95 bits per heavy atom. The van der Waals surface area contributed by atoms with Crippen molar-refractivity contribution in [2.75, 3.05) is 0 Å². The minimum atomic E-state index is -1.06. The number of carboxylic acid groups (broad SMARTS) is 1. The molecule has 0 spiro atoms. The Bertz CT molecular complexity index is 605. The number of rotatable bonds is 8. The first-order valence-electron chi connectivity index (χ1n) is 7.08. The second-order valence-electron chi connectivity index (χ2n) is 4.77. The number of aromatic nitrogens is 7. The minimum Gasteiger partial charge on any atom is -0.476 e. The van der Waals surface area contributed by atoms with Crippen molar-refractivity contribution in [1.82, 2.24) is 35.2 Å². The van der Waals surface area contributed by atoms with E-state index >= 15 is 0 Å². The molecule has 0 unspecified atom stereocenters. The molecule has 9 heteroatoms. The number of aryl methyl sites for hydroxylation is 1.